The number of hydrogen-bond acceptors (Lipinski definition) is 3. The molecule has 0 amide bonds. The number of rotatable bonds is 15. The molecule has 0 saturated carbocycles. The van der Waals surface area contributed by atoms with Gasteiger partial charge in [0.2, 0.25) is 0 Å². The molecule has 0 bridgehead atoms. The zero-order valence-corrected chi connectivity index (χ0v) is 15.6. The standard InChI is InChI=1S/C21H35NO2/c1-3-5-6-7-8-9-10-14-17-20(4-2)21(22-23)24-18-19-15-12-11-13-16-19/h11-13,15-16,20-21H,3-10,14,17-18H2,1-2H3. The minimum absolute atomic E-state index is 0.242. The van der Waals surface area contributed by atoms with E-state index in [-0.39, 0.29) is 5.92 Å². The van der Waals surface area contributed by atoms with E-state index >= 15 is 0 Å². The Morgan fingerprint density at radius 3 is 2.12 bits per heavy atom. The first-order valence-electron chi connectivity index (χ1n) is 9.79. The highest BCUT2D eigenvalue weighted by molar-refractivity contribution is 5.13. The molecule has 1 aromatic carbocycles. The van der Waals surface area contributed by atoms with E-state index in [1.165, 1.54) is 51.4 Å². The van der Waals surface area contributed by atoms with Gasteiger partial charge in [-0.15, -0.1) is 4.91 Å². The SMILES string of the molecule is CCCCCCCCCCC(CC)C(N=O)OCc1ccccc1. The Morgan fingerprint density at radius 1 is 0.917 bits per heavy atom. The maximum Gasteiger partial charge on any atom is 0.192 e. The number of hydrogen-bond donors (Lipinski definition) is 0. The summed E-state index contributed by atoms with van der Waals surface area (Å²) in [5.74, 6) is 0.242. The van der Waals surface area contributed by atoms with Crippen molar-refractivity contribution in [3.63, 3.8) is 0 Å². The van der Waals surface area contributed by atoms with Gasteiger partial charge in [0, 0.05) is 5.92 Å². The number of nitroso groups, excluding NO2 is 1. The molecule has 2 unspecified atom stereocenters. The van der Waals surface area contributed by atoms with E-state index in [1.54, 1.807) is 0 Å². The molecule has 0 aliphatic rings. The average Bonchev–Trinajstić information content (AvgIpc) is 2.63. The highest BCUT2D eigenvalue weighted by Crippen LogP contribution is 2.22. The third kappa shape index (κ3) is 9.17. The van der Waals surface area contributed by atoms with E-state index < -0.39 is 6.23 Å². The minimum atomic E-state index is -0.514. The molecular formula is C21H35NO2. The van der Waals surface area contributed by atoms with E-state index in [1.807, 2.05) is 30.3 Å². The Hall–Kier alpha value is -1.22. The van der Waals surface area contributed by atoms with Crippen molar-refractivity contribution in [2.24, 2.45) is 11.1 Å². The summed E-state index contributed by atoms with van der Waals surface area (Å²) < 4.78 is 5.77. The Bertz CT molecular complexity index is 408. The summed E-state index contributed by atoms with van der Waals surface area (Å²) in [6, 6.07) is 9.98. The molecule has 0 N–H and O–H groups in total. The number of unbranched alkanes of at least 4 members (excludes halogenated alkanes) is 7. The molecule has 3 nitrogen and oxygen atoms in total. The average molecular weight is 334 g/mol. The monoisotopic (exact) mass is 333 g/mol. The van der Waals surface area contributed by atoms with Crippen LogP contribution in [0, 0.1) is 10.8 Å². The molecule has 1 rings (SSSR count). The highest BCUT2D eigenvalue weighted by Gasteiger charge is 2.21. The van der Waals surface area contributed by atoms with Crippen LogP contribution in [-0.4, -0.2) is 6.23 Å². The second-order valence-electron chi connectivity index (χ2n) is 6.72. The maximum absolute atomic E-state index is 11.2. The first-order valence-corrected chi connectivity index (χ1v) is 9.79. The van der Waals surface area contributed by atoms with Crippen LogP contribution in [0.4, 0.5) is 0 Å². The Kier molecular flexibility index (Phi) is 12.3. The lowest BCUT2D eigenvalue weighted by molar-refractivity contribution is 0.00113. The van der Waals surface area contributed by atoms with Crippen molar-refractivity contribution >= 4 is 0 Å². The largest absolute Gasteiger partial charge is 0.348 e. The second kappa shape index (κ2) is 14.2. The van der Waals surface area contributed by atoms with Gasteiger partial charge < -0.3 is 4.74 Å². The zero-order chi connectivity index (χ0) is 17.5. The Balaban J connectivity index is 2.20. The summed E-state index contributed by atoms with van der Waals surface area (Å²) in [4.78, 5) is 11.2. The summed E-state index contributed by atoms with van der Waals surface area (Å²) >= 11 is 0. The normalized spacial score (nSPS) is 13.6. The molecule has 0 aliphatic heterocycles. The van der Waals surface area contributed by atoms with Gasteiger partial charge in [-0.2, -0.15) is 0 Å². The first kappa shape index (κ1) is 20.8. The van der Waals surface area contributed by atoms with E-state index in [0.29, 0.717) is 6.61 Å². The molecule has 3 heteroatoms. The molecule has 136 valence electrons. The predicted molar refractivity (Wildman–Crippen MR) is 102 cm³/mol. The number of nitrogens with zero attached hydrogens (tertiary/aromatic N) is 1. The molecule has 0 spiro atoms. The first-order chi connectivity index (χ1) is 11.8. The topological polar surface area (TPSA) is 38.7 Å². The fraction of sp³-hybridized carbons (Fsp3) is 0.714. The fourth-order valence-corrected chi connectivity index (χ4v) is 3.10. The van der Waals surface area contributed by atoms with Crippen LogP contribution in [0.25, 0.3) is 0 Å². The predicted octanol–water partition coefficient (Wildman–Crippen LogP) is 6.85. The lowest BCUT2D eigenvalue weighted by Gasteiger charge is -2.20. The lowest BCUT2D eigenvalue weighted by atomic mass is 9.96. The molecule has 0 fully saturated rings. The van der Waals surface area contributed by atoms with Crippen LogP contribution < -0.4 is 0 Å². The van der Waals surface area contributed by atoms with Gasteiger partial charge >= 0.3 is 0 Å². The second-order valence-corrected chi connectivity index (χ2v) is 6.72. The lowest BCUT2D eigenvalue weighted by Crippen LogP contribution is -2.21. The molecule has 0 aliphatic carbocycles. The summed E-state index contributed by atoms with van der Waals surface area (Å²) in [5, 5.41) is 3.25. The fourth-order valence-electron chi connectivity index (χ4n) is 3.10. The summed E-state index contributed by atoms with van der Waals surface area (Å²) in [5.41, 5.74) is 1.09. The van der Waals surface area contributed by atoms with Crippen molar-refractivity contribution in [3.8, 4) is 0 Å². The van der Waals surface area contributed by atoms with Gasteiger partial charge in [0.1, 0.15) is 0 Å². The van der Waals surface area contributed by atoms with E-state index in [9.17, 15) is 4.91 Å². The Morgan fingerprint density at radius 2 is 1.54 bits per heavy atom. The van der Waals surface area contributed by atoms with E-state index in [2.05, 4.69) is 19.0 Å². The third-order valence-corrected chi connectivity index (χ3v) is 4.72. The molecule has 1 aromatic rings. The van der Waals surface area contributed by atoms with Crippen LogP contribution in [0.15, 0.2) is 35.5 Å². The molecule has 24 heavy (non-hydrogen) atoms. The van der Waals surface area contributed by atoms with Gasteiger partial charge in [-0.25, -0.2) is 0 Å². The van der Waals surface area contributed by atoms with Crippen molar-refractivity contribution in [1.29, 1.82) is 0 Å². The van der Waals surface area contributed by atoms with Gasteiger partial charge in [-0.3, -0.25) is 0 Å². The summed E-state index contributed by atoms with van der Waals surface area (Å²) in [7, 11) is 0. The molecule has 0 aromatic heterocycles. The molecule has 0 heterocycles. The molecule has 0 radical (unpaired) electrons. The van der Waals surface area contributed by atoms with Crippen LogP contribution in [0.1, 0.15) is 83.6 Å². The highest BCUT2D eigenvalue weighted by atomic mass is 16.5. The van der Waals surface area contributed by atoms with Crippen molar-refractivity contribution in [1.82, 2.24) is 0 Å². The molecular weight excluding hydrogens is 298 g/mol. The van der Waals surface area contributed by atoms with Crippen molar-refractivity contribution in [2.45, 2.75) is 90.9 Å². The van der Waals surface area contributed by atoms with Crippen LogP contribution in [0.5, 0.6) is 0 Å². The number of benzene rings is 1. The van der Waals surface area contributed by atoms with Crippen LogP contribution >= 0.6 is 0 Å². The van der Waals surface area contributed by atoms with Crippen molar-refractivity contribution < 1.29 is 4.74 Å². The van der Waals surface area contributed by atoms with Gasteiger partial charge in [-0.1, -0.05) is 95.5 Å². The van der Waals surface area contributed by atoms with E-state index in [0.717, 1.165) is 18.4 Å². The summed E-state index contributed by atoms with van der Waals surface area (Å²) in [6.07, 6.45) is 12.0. The molecule has 0 saturated heterocycles. The Labute approximate surface area is 148 Å². The summed E-state index contributed by atoms with van der Waals surface area (Å²) in [6.45, 7) is 4.84. The van der Waals surface area contributed by atoms with Gasteiger partial charge in [0.05, 0.1) is 6.61 Å². The molecule has 2 atom stereocenters. The smallest absolute Gasteiger partial charge is 0.192 e. The van der Waals surface area contributed by atoms with Gasteiger partial charge in [0.15, 0.2) is 6.23 Å². The number of ether oxygens (including phenoxy) is 1. The quantitative estimate of drug-likeness (QED) is 0.260. The minimum Gasteiger partial charge on any atom is -0.348 e. The zero-order valence-electron chi connectivity index (χ0n) is 15.6. The van der Waals surface area contributed by atoms with Gasteiger partial charge in [-0.05, 0) is 23.6 Å². The van der Waals surface area contributed by atoms with Crippen molar-refractivity contribution in [3.05, 3.63) is 40.8 Å². The van der Waals surface area contributed by atoms with Crippen molar-refractivity contribution in [2.75, 3.05) is 0 Å². The van der Waals surface area contributed by atoms with Crippen LogP contribution in [0.2, 0.25) is 0 Å². The van der Waals surface area contributed by atoms with Crippen LogP contribution in [0.3, 0.4) is 0 Å². The third-order valence-electron chi connectivity index (χ3n) is 4.72. The van der Waals surface area contributed by atoms with Crippen LogP contribution in [-0.2, 0) is 11.3 Å². The maximum atomic E-state index is 11.2. The van der Waals surface area contributed by atoms with Gasteiger partial charge in [0.25, 0.3) is 0 Å². The van der Waals surface area contributed by atoms with E-state index in [4.69, 9.17) is 4.74 Å².